The summed E-state index contributed by atoms with van der Waals surface area (Å²) in [5.41, 5.74) is 0. The van der Waals surface area contributed by atoms with E-state index in [1.54, 1.807) is 0 Å². The smallest absolute Gasteiger partial charge is 0.234 e. The van der Waals surface area contributed by atoms with Gasteiger partial charge in [-0.2, -0.15) is 0 Å². The van der Waals surface area contributed by atoms with Gasteiger partial charge < -0.3 is 10.2 Å². The van der Waals surface area contributed by atoms with Gasteiger partial charge in [0.1, 0.15) is 5.88 Å². The van der Waals surface area contributed by atoms with Crippen LogP contribution < -0.4 is 5.32 Å². The third-order valence-corrected chi connectivity index (χ3v) is 2.19. The maximum Gasteiger partial charge on any atom is 0.234 e. The molecular formula is C10H21ClN2O. The van der Waals surface area contributed by atoms with Gasteiger partial charge >= 0.3 is 0 Å². The highest BCUT2D eigenvalue weighted by Gasteiger charge is 2.02. The zero-order valence-electron chi connectivity index (χ0n) is 9.18. The molecule has 4 heteroatoms. The second-order valence-electron chi connectivity index (χ2n) is 3.33. The molecule has 0 heterocycles. The Morgan fingerprint density at radius 2 is 1.79 bits per heavy atom. The topological polar surface area (TPSA) is 32.3 Å². The molecule has 1 N–H and O–H groups in total. The second-order valence-corrected chi connectivity index (χ2v) is 3.59. The Morgan fingerprint density at radius 1 is 1.21 bits per heavy atom. The van der Waals surface area contributed by atoms with E-state index in [0.29, 0.717) is 6.54 Å². The van der Waals surface area contributed by atoms with Crippen molar-refractivity contribution >= 4 is 17.5 Å². The van der Waals surface area contributed by atoms with Gasteiger partial charge in [-0.15, -0.1) is 11.6 Å². The fourth-order valence-corrected chi connectivity index (χ4v) is 1.46. The van der Waals surface area contributed by atoms with E-state index in [1.807, 2.05) is 0 Å². The Hall–Kier alpha value is -0.280. The lowest BCUT2D eigenvalue weighted by Crippen LogP contribution is -2.36. The van der Waals surface area contributed by atoms with E-state index in [1.165, 1.54) is 0 Å². The van der Waals surface area contributed by atoms with Crippen molar-refractivity contribution in [1.82, 2.24) is 10.2 Å². The van der Waals surface area contributed by atoms with Gasteiger partial charge in [-0.1, -0.05) is 13.8 Å². The number of amides is 1. The highest BCUT2D eigenvalue weighted by Crippen LogP contribution is 1.92. The summed E-state index contributed by atoms with van der Waals surface area (Å²) in [6.07, 6.45) is 2.31. The maximum absolute atomic E-state index is 10.8. The maximum atomic E-state index is 10.8. The molecule has 0 spiro atoms. The van der Waals surface area contributed by atoms with Gasteiger partial charge in [0, 0.05) is 13.1 Å². The first-order valence-electron chi connectivity index (χ1n) is 5.29. The van der Waals surface area contributed by atoms with Crippen molar-refractivity contribution in [3.63, 3.8) is 0 Å². The van der Waals surface area contributed by atoms with Crippen molar-refractivity contribution in [2.24, 2.45) is 0 Å². The van der Waals surface area contributed by atoms with E-state index < -0.39 is 0 Å². The molecule has 0 aromatic carbocycles. The van der Waals surface area contributed by atoms with E-state index in [-0.39, 0.29) is 11.8 Å². The lowest BCUT2D eigenvalue weighted by molar-refractivity contribution is -0.118. The molecule has 0 aliphatic heterocycles. The monoisotopic (exact) mass is 220 g/mol. The van der Waals surface area contributed by atoms with Crippen LogP contribution in [0.25, 0.3) is 0 Å². The number of nitrogens with zero attached hydrogens (tertiary/aromatic N) is 1. The number of hydrogen-bond donors (Lipinski definition) is 1. The normalized spacial score (nSPS) is 10.6. The standard InChI is InChI=1S/C10H21ClN2O/c1-3-6-13(7-4-2)8-5-12-10(14)9-11/h3-9H2,1-2H3,(H,12,14). The van der Waals surface area contributed by atoms with Gasteiger partial charge in [0.05, 0.1) is 0 Å². The van der Waals surface area contributed by atoms with E-state index in [9.17, 15) is 4.79 Å². The first-order valence-corrected chi connectivity index (χ1v) is 5.83. The Labute approximate surface area is 91.8 Å². The van der Waals surface area contributed by atoms with Crippen LogP contribution in [0.5, 0.6) is 0 Å². The van der Waals surface area contributed by atoms with Crippen molar-refractivity contribution in [3.8, 4) is 0 Å². The van der Waals surface area contributed by atoms with E-state index >= 15 is 0 Å². The van der Waals surface area contributed by atoms with Crippen LogP contribution in [0.15, 0.2) is 0 Å². The molecule has 84 valence electrons. The van der Waals surface area contributed by atoms with Crippen LogP contribution in [-0.4, -0.2) is 42.9 Å². The first-order chi connectivity index (χ1) is 6.74. The van der Waals surface area contributed by atoms with Gasteiger partial charge in [0.25, 0.3) is 0 Å². The molecule has 0 aromatic heterocycles. The predicted molar refractivity (Wildman–Crippen MR) is 60.8 cm³/mol. The van der Waals surface area contributed by atoms with Crippen molar-refractivity contribution < 1.29 is 4.79 Å². The zero-order valence-corrected chi connectivity index (χ0v) is 9.94. The zero-order chi connectivity index (χ0) is 10.8. The molecule has 0 saturated heterocycles. The van der Waals surface area contributed by atoms with Gasteiger partial charge in [0.2, 0.25) is 5.91 Å². The molecule has 0 bridgehead atoms. The molecule has 0 aliphatic rings. The summed E-state index contributed by atoms with van der Waals surface area (Å²) in [4.78, 5) is 13.2. The molecule has 0 fully saturated rings. The lowest BCUT2D eigenvalue weighted by Gasteiger charge is -2.20. The fraction of sp³-hybridized carbons (Fsp3) is 0.900. The third-order valence-electron chi connectivity index (χ3n) is 1.95. The molecule has 1 amide bonds. The van der Waals surface area contributed by atoms with Crippen LogP contribution in [0.2, 0.25) is 0 Å². The number of carbonyl (C=O) groups excluding carboxylic acids is 1. The van der Waals surface area contributed by atoms with Crippen molar-refractivity contribution in [3.05, 3.63) is 0 Å². The Balaban J connectivity index is 3.54. The minimum atomic E-state index is -0.0837. The average Bonchev–Trinajstić information content (AvgIpc) is 2.18. The third kappa shape index (κ3) is 7.15. The minimum absolute atomic E-state index is 0.0571. The fourth-order valence-electron chi connectivity index (χ4n) is 1.37. The number of rotatable bonds is 8. The van der Waals surface area contributed by atoms with Crippen LogP contribution in [0.3, 0.4) is 0 Å². The molecule has 0 rings (SSSR count). The first kappa shape index (κ1) is 13.7. The Bertz CT molecular complexity index is 147. The predicted octanol–water partition coefficient (Wildman–Crippen LogP) is 1.46. The number of halogens is 1. The molecule has 3 nitrogen and oxygen atoms in total. The summed E-state index contributed by atoms with van der Waals surface area (Å²) in [5, 5.41) is 2.77. The van der Waals surface area contributed by atoms with E-state index in [0.717, 1.165) is 32.5 Å². The van der Waals surface area contributed by atoms with Crippen molar-refractivity contribution in [2.45, 2.75) is 26.7 Å². The number of nitrogens with one attached hydrogen (secondary N) is 1. The summed E-state index contributed by atoms with van der Waals surface area (Å²) in [5.74, 6) is -0.0266. The largest absolute Gasteiger partial charge is 0.354 e. The molecule has 14 heavy (non-hydrogen) atoms. The molecule has 0 atom stereocenters. The number of carbonyl (C=O) groups is 1. The number of alkyl halides is 1. The molecule has 0 aromatic rings. The van der Waals surface area contributed by atoms with Crippen LogP contribution in [0.4, 0.5) is 0 Å². The van der Waals surface area contributed by atoms with Crippen LogP contribution >= 0.6 is 11.6 Å². The van der Waals surface area contributed by atoms with Gasteiger partial charge in [0.15, 0.2) is 0 Å². The van der Waals surface area contributed by atoms with Crippen molar-refractivity contribution in [1.29, 1.82) is 0 Å². The summed E-state index contributed by atoms with van der Waals surface area (Å²) in [7, 11) is 0. The summed E-state index contributed by atoms with van der Waals surface area (Å²) >= 11 is 5.36. The van der Waals surface area contributed by atoms with E-state index in [4.69, 9.17) is 11.6 Å². The minimum Gasteiger partial charge on any atom is -0.354 e. The molecule has 0 unspecified atom stereocenters. The lowest BCUT2D eigenvalue weighted by atomic mass is 10.3. The molecule has 0 aliphatic carbocycles. The van der Waals surface area contributed by atoms with Crippen LogP contribution in [0.1, 0.15) is 26.7 Å². The van der Waals surface area contributed by atoms with Crippen molar-refractivity contribution in [2.75, 3.05) is 32.1 Å². The molecular weight excluding hydrogens is 200 g/mol. The van der Waals surface area contributed by atoms with Gasteiger partial charge in [-0.05, 0) is 25.9 Å². The Kier molecular flexibility index (Phi) is 9.10. The SMILES string of the molecule is CCCN(CCC)CCNC(=O)CCl. The van der Waals surface area contributed by atoms with Crippen LogP contribution in [-0.2, 0) is 4.79 Å². The van der Waals surface area contributed by atoms with Gasteiger partial charge in [-0.3, -0.25) is 4.79 Å². The number of hydrogen-bond acceptors (Lipinski definition) is 2. The molecule has 0 radical (unpaired) electrons. The summed E-state index contributed by atoms with van der Waals surface area (Å²) < 4.78 is 0. The summed E-state index contributed by atoms with van der Waals surface area (Å²) in [6, 6.07) is 0. The second kappa shape index (κ2) is 9.28. The van der Waals surface area contributed by atoms with Crippen LogP contribution in [0, 0.1) is 0 Å². The van der Waals surface area contributed by atoms with Gasteiger partial charge in [-0.25, -0.2) is 0 Å². The average molecular weight is 221 g/mol. The van der Waals surface area contributed by atoms with E-state index in [2.05, 4.69) is 24.1 Å². The Morgan fingerprint density at radius 3 is 2.21 bits per heavy atom. The molecule has 0 saturated carbocycles. The summed E-state index contributed by atoms with van der Waals surface area (Å²) in [6.45, 7) is 8.16. The highest BCUT2D eigenvalue weighted by atomic mass is 35.5. The quantitative estimate of drug-likeness (QED) is 0.629. The highest BCUT2D eigenvalue weighted by molar-refractivity contribution is 6.27.